The van der Waals surface area contributed by atoms with E-state index < -0.39 is 44.9 Å². The van der Waals surface area contributed by atoms with E-state index in [-0.39, 0.29) is 23.7 Å². The molecule has 0 aromatic heterocycles. The molecule has 2 N–H and O–H groups in total. The first kappa shape index (κ1) is 24.8. The summed E-state index contributed by atoms with van der Waals surface area (Å²) in [5.41, 5.74) is -0.535. The minimum Gasteiger partial charge on any atom is -0.484 e. The number of amides is 1. The molecule has 0 heterocycles. The molecule has 172 valence electrons. The maximum Gasteiger partial charge on any atom is 0.422 e. The highest BCUT2D eigenvalue weighted by molar-refractivity contribution is 7.88. The number of nitro groups is 1. The second-order valence-corrected chi connectivity index (χ2v) is 8.19. The van der Waals surface area contributed by atoms with Gasteiger partial charge in [-0.05, 0) is 29.8 Å². The number of nitrogens with zero attached hydrogens (tertiary/aromatic N) is 1. The van der Waals surface area contributed by atoms with Crippen LogP contribution in [0.3, 0.4) is 0 Å². The van der Waals surface area contributed by atoms with Gasteiger partial charge >= 0.3 is 6.18 Å². The number of nitrogens with one attached hydrogen (secondary N) is 2. The number of anilines is 1. The van der Waals surface area contributed by atoms with Crippen LogP contribution in [0.15, 0.2) is 55.1 Å². The molecule has 0 atom stereocenters. The molecule has 0 aliphatic carbocycles. The smallest absolute Gasteiger partial charge is 0.422 e. The molecule has 0 aliphatic heterocycles. The summed E-state index contributed by atoms with van der Waals surface area (Å²) >= 11 is 0. The van der Waals surface area contributed by atoms with Gasteiger partial charge in [0.05, 0.1) is 10.7 Å². The summed E-state index contributed by atoms with van der Waals surface area (Å²) in [7, 11) is -3.59. The highest BCUT2D eigenvalue weighted by Gasteiger charge is 2.29. The van der Waals surface area contributed by atoms with Gasteiger partial charge in [0.1, 0.15) is 11.3 Å². The summed E-state index contributed by atoms with van der Waals surface area (Å²) in [6.45, 7) is 1.85. The molecule has 2 aromatic rings. The van der Waals surface area contributed by atoms with Gasteiger partial charge in [-0.1, -0.05) is 18.2 Å². The van der Waals surface area contributed by atoms with Gasteiger partial charge in [0.15, 0.2) is 6.61 Å². The van der Waals surface area contributed by atoms with Gasteiger partial charge < -0.3 is 10.1 Å². The number of halogens is 3. The van der Waals surface area contributed by atoms with Crippen molar-refractivity contribution in [3.63, 3.8) is 0 Å². The third-order valence-corrected chi connectivity index (χ3v) is 5.15. The van der Waals surface area contributed by atoms with Crippen LogP contribution in [0.1, 0.15) is 15.9 Å². The molecule has 0 fully saturated rings. The number of alkyl halides is 3. The zero-order valence-corrected chi connectivity index (χ0v) is 17.2. The van der Waals surface area contributed by atoms with Crippen LogP contribution in [0, 0.1) is 10.1 Å². The standard InChI is InChI=1S/C19H18F3N3O6S/c1-2-9-23-32(29,30)11-13-3-5-14(6-4-13)24-18(26)16-10-15(31-12-19(20,21)22)7-8-17(16)25(27)28/h2-8,10,23H,1,9,11-12H2,(H,24,26). The van der Waals surface area contributed by atoms with Gasteiger partial charge in [0.25, 0.3) is 11.6 Å². The van der Waals surface area contributed by atoms with Crippen molar-refractivity contribution in [3.05, 3.63) is 76.4 Å². The zero-order chi connectivity index (χ0) is 23.9. The molecule has 0 spiro atoms. The summed E-state index contributed by atoms with van der Waals surface area (Å²) in [5, 5.41) is 13.6. The fourth-order valence-corrected chi connectivity index (χ4v) is 3.56. The number of sulfonamides is 1. The normalized spacial score (nSPS) is 11.6. The fraction of sp³-hybridized carbons (Fsp3) is 0.211. The Balaban J connectivity index is 2.17. The molecule has 1 amide bonds. The van der Waals surface area contributed by atoms with Crippen molar-refractivity contribution in [2.45, 2.75) is 11.9 Å². The van der Waals surface area contributed by atoms with E-state index in [1.165, 1.54) is 30.3 Å². The van der Waals surface area contributed by atoms with Crippen molar-refractivity contribution in [1.29, 1.82) is 0 Å². The Morgan fingerprint density at radius 1 is 1.19 bits per heavy atom. The molecule has 13 heteroatoms. The first-order valence-electron chi connectivity index (χ1n) is 8.87. The van der Waals surface area contributed by atoms with Crippen molar-refractivity contribution >= 4 is 27.3 Å². The van der Waals surface area contributed by atoms with Gasteiger partial charge in [-0.25, -0.2) is 13.1 Å². The Hall–Kier alpha value is -3.45. The Morgan fingerprint density at radius 2 is 1.84 bits per heavy atom. The van der Waals surface area contributed by atoms with E-state index in [1.54, 1.807) is 0 Å². The minimum absolute atomic E-state index is 0.0704. The largest absolute Gasteiger partial charge is 0.484 e. The summed E-state index contributed by atoms with van der Waals surface area (Å²) in [6, 6.07) is 8.28. The number of benzene rings is 2. The lowest BCUT2D eigenvalue weighted by molar-refractivity contribution is -0.385. The topological polar surface area (TPSA) is 128 Å². The second kappa shape index (κ2) is 10.2. The van der Waals surface area contributed by atoms with Crippen molar-refractivity contribution < 1.29 is 36.0 Å². The first-order chi connectivity index (χ1) is 14.9. The van der Waals surface area contributed by atoms with E-state index >= 15 is 0 Å². The van der Waals surface area contributed by atoms with E-state index in [0.717, 1.165) is 18.2 Å². The molecule has 0 saturated carbocycles. The molecule has 32 heavy (non-hydrogen) atoms. The van der Waals surface area contributed by atoms with E-state index in [1.807, 2.05) is 0 Å². The molecule has 0 unspecified atom stereocenters. The monoisotopic (exact) mass is 473 g/mol. The number of carbonyl (C=O) groups excluding carboxylic acids is 1. The summed E-state index contributed by atoms with van der Waals surface area (Å²) in [5.74, 6) is -1.65. The van der Waals surface area contributed by atoms with Crippen molar-refractivity contribution in [2.75, 3.05) is 18.5 Å². The van der Waals surface area contributed by atoms with E-state index in [2.05, 4.69) is 21.4 Å². The van der Waals surface area contributed by atoms with Gasteiger partial charge in [0.2, 0.25) is 10.0 Å². The van der Waals surface area contributed by atoms with Crippen LogP contribution in [0.4, 0.5) is 24.5 Å². The summed E-state index contributed by atoms with van der Waals surface area (Å²) in [4.78, 5) is 22.9. The number of nitro benzene ring substituents is 1. The molecule has 0 aliphatic rings. The Bertz CT molecular complexity index is 1100. The van der Waals surface area contributed by atoms with Crippen LogP contribution in [0.5, 0.6) is 5.75 Å². The summed E-state index contributed by atoms with van der Waals surface area (Å²) < 4.78 is 67.6. The number of rotatable bonds is 10. The average molecular weight is 473 g/mol. The number of hydrogen-bond acceptors (Lipinski definition) is 6. The van der Waals surface area contributed by atoms with E-state index in [4.69, 9.17) is 0 Å². The maximum absolute atomic E-state index is 12.5. The highest BCUT2D eigenvalue weighted by atomic mass is 32.2. The fourth-order valence-electron chi connectivity index (χ4n) is 2.45. The van der Waals surface area contributed by atoms with Crippen LogP contribution in [-0.2, 0) is 15.8 Å². The Kier molecular flexibility index (Phi) is 7.94. The number of ether oxygens (including phenoxy) is 1. The quantitative estimate of drug-likeness (QED) is 0.309. The molecule has 0 bridgehead atoms. The van der Waals surface area contributed by atoms with Crippen LogP contribution in [0.25, 0.3) is 0 Å². The van der Waals surface area contributed by atoms with Crippen LogP contribution < -0.4 is 14.8 Å². The molecule has 2 rings (SSSR count). The third kappa shape index (κ3) is 7.67. The second-order valence-electron chi connectivity index (χ2n) is 6.39. The van der Waals surface area contributed by atoms with Gasteiger partial charge in [0, 0.05) is 18.3 Å². The summed E-state index contributed by atoms with van der Waals surface area (Å²) in [6.07, 6.45) is -3.24. The number of carbonyl (C=O) groups is 1. The maximum atomic E-state index is 12.5. The van der Waals surface area contributed by atoms with Crippen LogP contribution >= 0.6 is 0 Å². The van der Waals surface area contributed by atoms with Gasteiger partial charge in [-0.2, -0.15) is 13.2 Å². The predicted octanol–water partition coefficient (Wildman–Crippen LogP) is 3.39. The number of hydrogen-bond donors (Lipinski definition) is 2. The molecular weight excluding hydrogens is 455 g/mol. The Morgan fingerprint density at radius 3 is 2.41 bits per heavy atom. The van der Waals surface area contributed by atoms with Crippen LogP contribution in [-0.4, -0.2) is 38.6 Å². The average Bonchev–Trinajstić information content (AvgIpc) is 2.71. The first-order valence-corrected chi connectivity index (χ1v) is 10.5. The lowest BCUT2D eigenvalue weighted by Crippen LogP contribution is -2.25. The zero-order valence-electron chi connectivity index (χ0n) is 16.4. The Labute approximate surface area is 181 Å². The van der Waals surface area contributed by atoms with E-state index in [9.17, 15) is 36.5 Å². The van der Waals surface area contributed by atoms with Crippen molar-refractivity contribution in [3.8, 4) is 5.75 Å². The van der Waals surface area contributed by atoms with Crippen molar-refractivity contribution in [2.24, 2.45) is 0 Å². The minimum atomic E-state index is -4.62. The van der Waals surface area contributed by atoms with Gasteiger partial charge in [-0.3, -0.25) is 14.9 Å². The van der Waals surface area contributed by atoms with Crippen LogP contribution in [0.2, 0.25) is 0 Å². The highest BCUT2D eigenvalue weighted by Crippen LogP contribution is 2.27. The van der Waals surface area contributed by atoms with Gasteiger partial charge in [-0.15, -0.1) is 6.58 Å². The molecule has 0 saturated heterocycles. The molecule has 2 aromatic carbocycles. The molecule has 9 nitrogen and oxygen atoms in total. The molecular formula is C19H18F3N3O6S. The van der Waals surface area contributed by atoms with E-state index in [0.29, 0.717) is 5.56 Å². The lowest BCUT2D eigenvalue weighted by Gasteiger charge is -2.11. The molecule has 0 radical (unpaired) electrons. The lowest BCUT2D eigenvalue weighted by atomic mass is 10.1. The predicted molar refractivity (Wildman–Crippen MR) is 110 cm³/mol. The SMILES string of the molecule is C=CCNS(=O)(=O)Cc1ccc(NC(=O)c2cc(OCC(F)(F)F)ccc2[N+](=O)[O-])cc1. The third-order valence-electron chi connectivity index (χ3n) is 3.83. The van der Waals surface area contributed by atoms with Crippen molar-refractivity contribution in [1.82, 2.24) is 4.72 Å².